The molecular weight excluding hydrogens is 401 g/mol. The van der Waals surface area contributed by atoms with Gasteiger partial charge in [0.15, 0.2) is 0 Å². The molecule has 116 valence electrons. The van der Waals surface area contributed by atoms with Crippen LogP contribution in [0.1, 0.15) is 21.5 Å². The van der Waals surface area contributed by atoms with Gasteiger partial charge >= 0.3 is 0 Å². The van der Waals surface area contributed by atoms with Crippen LogP contribution in [0, 0.1) is 3.57 Å². The predicted molar refractivity (Wildman–Crippen MR) is 98.1 cm³/mol. The van der Waals surface area contributed by atoms with E-state index in [1.54, 1.807) is 6.20 Å². The lowest BCUT2D eigenvalue weighted by Gasteiger charge is -2.08. The van der Waals surface area contributed by atoms with Crippen LogP contribution in [0.25, 0.3) is 0 Å². The average Bonchev–Trinajstić information content (AvgIpc) is 3.07. The van der Waals surface area contributed by atoms with Crippen LogP contribution < -0.4 is 5.32 Å². The molecule has 0 aliphatic rings. The van der Waals surface area contributed by atoms with E-state index in [1.807, 2.05) is 53.3 Å². The largest absolute Gasteiger partial charge is 0.348 e. The Hall–Kier alpha value is -2.15. The van der Waals surface area contributed by atoms with Crippen LogP contribution in [0.2, 0.25) is 0 Å². The zero-order valence-corrected chi connectivity index (χ0v) is 14.6. The zero-order chi connectivity index (χ0) is 16.1. The third-order valence-corrected chi connectivity index (χ3v) is 4.44. The molecule has 0 radical (unpaired) electrons. The molecule has 0 unspecified atom stereocenters. The van der Waals surface area contributed by atoms with E-state index in [2.05, 4.69) is 45.1 Å². The summed E-state index contributed by atoms with van der Waals surface area (Å²) in [6, 6.07) is 17.7. The van der Waals surface area contributed by atoms with Gasteiger partial charge in [0.25, 0.3) is 5.91 Å². The number of hydrogen-bond donors (Lipinski definition) is 1. The van der Waals surface area contributed by atoms with Gasteiger partial charge in [-0.05, 0) is 51.9 Å². The van der Waals surface area contributed by atoms with Crippen molar-refractivity contribution in [2.45, 2.75) is 13.1 Å². The maximum Gasteiger partial charge on any atom is 0.252 e. The van der Waals surface area contributed by atoms with Crippen molar-refractivity contribution in [1.82, 2.24) is 15.1 Å². The van der Waals surface area contributed by atoms with E-state index >= 15 is 0 Å². The van der Waals surface area contributed by atoms with Crippen molar-refractivity contribution in [3.05, 3.63) is 87.3 Å². The van der Waals surface area contributed by atoms with Crippen LogP contribution in [0.15, 0.2) is 67.0 Å². The molecule has 1 heterocycles. The Bertz CT molecular complexity index is 782. The number of amides is 1. The van der Waals surface area contributed by atoms with Crippen molar-refractivity contribution in [3.8, 4) is 0 Å². The van der Waals surface area contributed by atoms with Gasteiger partial charge in [-0.1, -0.05) is 36.4 Å². The molecule has 2 aromatic carbocycles. The number of rotatable bonds is 5. The number of nitrogens with zero attached hydrogens (tertiary/aromatic N) is 2. The lowest BCUT2D eigenvalue weighted by Crippen LogP contribution is -2.23. The predicted octanol–water partition coefficient (Wildman–Crippen LogP) is 3.47. The van der Waals surface area contributed by atoms with Crippen molar-refractivity contribution in [1.29, 1.82) is 0 Å². The molecule has 0 aliphatic heterocycles. The van der Waals surface area contributed by atoms with Gasteiger partial charge in [0.05, 0.1) is 12.1 Å². The Balaban J connectivity index is 1.58. The van der Waals surface area contributed by atoms with Gasteiger partial charge in [0.2, 0.25) is 0 Å². The summed E-state index contributed by atoms with van der Waals surface area (Å²) in [5.74, 6) is -0.0457. The third-order valence-electron chi connectivity index (χ3n) is 3.50. The molecule has 1 amide bonds. The third kappa shape index (κ3) is 4.19. The van der Waals surface area contributed by atoms with E-state index in [1.165, 1.54) is 5.56 Å². The summed E-state index contributed by atoms with van der Waals surface area (Å²) >= 11 is 2.18. The fourth-order valence-corrected chi connectivity index (χ4v) is 2.90. The van der Waals surface area contributed by atoms with E-state index in [0.717, 1.165) is 15.7 Å². The van der Waals surface area contributed by atoms with Crippen molar-refractivity contribution in [2.24, 2.45) is 0 Å². The summed E-state index contributed by atoms with van der Waals surface area (Å²) in [4.78, 5) is 12.2. The average molecular weight is 417 g/mol. The Morgan fingerprint density at radius 3 is 2.48 bits per heavy atom. The molecule has 23 heavy (non-hydrogen) atoms. The number of carbonyl (C=O) groups excluding carboxylic acids is 1. The molecule has 0 saturated heterocycles. The van der Waals surface area contributed by atoms with E-state index in [9.17, 15) is 4.79 Å². The monoisotopic (exact) mass is 417 g/mol. The van der Waals surface area contributed by atoms with Gasteiger partial charge in [-0.15, -0.1) is 0 Å². The van der Waals surface area contributed by atoms with Gasteiger partial charge < -0.3 is 5.32 Å². The fraction of sp³-hybridized carbons (Fsp3) is 0.111. The van der Waals surface area contributed by atoms with Crippen molar-refractivity contribution < 1.29 is 4.79 Å². The first-order chi connectivity index (χ1) is 11.2. The topological polar surface area (TPSA) is 46.9 Å². The van der Waals surface area contributed by atoms with Crippen LogP contribution in [-0.4, -0.2) is 15.7 Å². The fourth-order valence-electron chi connectivity index (χ4n) is 2.27. The molecule has 0 atom stereocenters. The minimum Gasteiger partial charge on any atom is -0.348 e. The zero-order valence-electron chi connectivity index (χ0n) is 12.4. The van der Waals surface area contributed by atoms with Gasteiger partial charge in [-0.25, -0.2) is 0 Å². The summed E-state index contributed by atoms with van der Waals surface area (Å²) in [7, 11) is 0. The van der Waals surface area contributed by atoms with Gasteiger partial charge in [-0.2, -0.15) is 5.10 Å². The van der Waals surface area contributed by atoms with Gasteiger partial charge in [-0.3, -0.25) is 9.48 Å². The second-order valence-corrected chi connectivity index (χ2v) is 6.34. The molecule has 3 rings (SSSR count). The van der Waals surface area contributed by atoms with Crippen molar-refractivity contribution in [2.75, 3.05) is 0 Å². The van der Waals surface area contributed by atoms with Crippen molar-refractivity contribution >= 4 is 28.5 Å². The first-order valence-corrected chi connectivity index (χ1v) is 8.38. The summed E-state index contributed by atoms with van der Waals surface area (Å²) in [5, 5.41) is 7.15. The summed E-state index contributed by atoms with van der Waals surface area (Å²) in [5.41, 5.74) is 2.97. The highest BCUT2D eigenvalue weighted by Crippen LogP contribution is 2.12. The molecule has 5 heteroatoms. The number of aromatic nitrogens is 2. The Morgan fingerprint density at radius 2 is 1.78 bits per heavy atom. The van der Waals surface area contributed by atoms with Crippen LogP contribution in [0.5, 0.6) is 0 Å². The maximum atomic E-state index is 12.2. The maximum absolute atomic E-state index is 12.2. The van der Waals surface area contributed by atoms with Crippen LogP contribution in [0.4, 0.5) is 0 Å². The second-order valence-electron chi connectivity index (χ2n) is 5.18. The molecule has 0 spiro atoms. The minimum absolute atomic E-state index is 0.0457. The molecular formula is C18H16IN3O. The summed E-state index contributed by atoms with van der Waals surface area (Å²) in [6.07, 6.45) is 3.71. The van der Waals surface area contributed by atoms with Gasteiger partial charge in [0, 0.05) is 22.5 Å². The summed E-state index contributed by atoms with van der Waals surface area (Å²) in [6.45, 7) is 1.27. The molecule has 0 bridgehead atoms. The number of halogens is 1. The molecule has 0 saturated carbocycles. The summed E-state index contributed by atoms with van der Waals surface area (Å²) < 4.78 is 2.84. The normalized spacial score (nSPS) is 10.5. The lowest BCUT2D eigenvalue weighted by atomic mass is 10.1. The molecule has 1 N–H and O–H groups in total. The number of hydrogen-bond acceptors (Lipinski definition) is 2. The second kappa shape index (κ2) is 7.41. The Labute approximate surface area is 148 Å². The van der Waals surface area contributed by atoms with Gasteiger partial charge in [0.1, 0.15) is 0 Å². The number of benzene rings is 2. The Morgan fingerprint density at radius 1 is 1.04 bits per heavy atom. The standard InChI is InChI=1S/C18H16IN3O/c19-17-5-2-1-4-16(17)18(23)20-12-14-6-8-15(9-7-14)13-22-11-3-10-21-22/h1-11H,12-13H2,(H,20,23). The van der Waals surface area contributed by atoms with E-state index in [-0.39, 0.29) is 5.91 Å². The quantitative estimate of drug-likeness (QED) is 0.647. The lowest BCUT2D eigenvalue weighted by molar-refractivity contribution is 0.0950. The van der Waals surface area contributed by atoms with Crippen molar-refractivity contribution in [3.63, 3.8) is 0 Å². The molecule has 1 aromatic heterocycles. The minimum atomic E-state index is -0.0457. The van der Waals surface area contributed by atoms with E-state index in [4.69, 9.17) is 0 Å². The highest BCUT2D eigenvalue weighted by atomic mass is 127. The smallest absolute Gasteiger partial charge is 0.252 e. The Kier molecular flexibility index (Phi) is 5.07. The van der Waals surface area contributed by atoms with E-state index in [0.29, 0.717) is 12.1 Å². The first-order valence-electron chi connectivity index (χ1n) is 7.30. The van der Waals surface area contributed by atoms with Crippen LogP contribution >= 0.6 is 22.6 Å². The highest BCUT2D eigenvalue weighted by molar-refractivity contribution is 14.1. The van der Waals surface area contributed by atoms with E-state index < -0.39 is 0 Å². The number of nitrogens with one attached hydrogen (secondary N) is 1. The molecule has 0 fully saturated rings. The van der Waals surface area contributed by atoms with Crippen LogP contribution in [-0.2, 0) is 13.1 Å². The highest BCUT2D eigenvalue weighted by Gasteiger charge is 2.08. The molecule has 0 aliphatic carbocycles. The molecule has 3 aromatic rings. The molecule has 4 nitrogen and oxygen atoms in total. The van der Waals surface area contributed by atoms with Crippen LogP contribution in [0.3, 0.4) is 0 Å². The number of carbonyl (C=O) groups is 1. The SMILES string of the molecule is O=C(NCc1ccc(Cn2cccn2)cc1)c1ccccc1I. The first kappa shape index (κ1) is 15.7.